The van der Waals surface area contributed by atoms with E-state index in [0.717, 1.165) is 25.2 Å². The highest BCUT2D eigenvalue weighted by molar-refractivity contribution is 14.0. The molecule has 0 bridgehead atoms. The van der Waals surface area contributed by atoms with Gasteiger partial charge in [0.2, 0.25) is 0 Å². The minimum atomic E-state index is 0. The SMILES string of the molecule is CN=C(NCCCCCOC1CCCCC1)NC1CCN(C2CCCC2)C1.I. The lowest BCUT2D eigenvalue weighted by atomic mass is 9.98. The summed E-state index contributed by atoms with van der Waals surface area (Å²) in [5.41, 5.74) is 0. The molecule has 2 N–H and O–H groups in total. The van der Waals surface area contributed by atoms with Crippen molar-refractivity contribution in [2.75, 3.05) is 33.3 Å². The summed E-state index contributed by atoms with van der Waals surface area (Å²) in [6.45, 7) is 4.38. The molecule has 2 saturated carbocycles. The third-order valence-electron chi connectivity index (χ3n) is 6.64. The number of guanidine groups is 1. The van der Waals surface area contributed by atoms with Gasteiger partial charge in [0.25, 0.3) is 0 Å². The van der Waals surface area contributed by atoms with Crippen molar-refractivity contribution in [3.8, 4) is 0 Å². The first-order chi connectivity index (χ1) is 13.3. The van der Waals surface area contributed by atoms with Crippen LogP contribution in [0.2, 0.25) is 0 Å². The van der Waals surface area contributed by atoms with Crippen LogP contribution in [-0.4, -0.2) is 62.3 Å². The summed E-state index contributed by atoms with van der Waals surface area (Å²) in [4.78, 5) is 7.12. The maximum Gasteiger partial charge on any atom is 0.191 e. The molecular weight excluding hydrogens is 463 g/mol. The highest BCUT2D eigenvalue weighted by Gasteiger charge is 2.30. The van der Waals surface area contributed by atoms with Crippen LogP contribution in [0, 0.1) is 0 Å². The molecule has 0 amide bonds. The minimum absolute atomic E-state index is 0. The molecule has 2 aliphatic carbocycles. The Balaban J connectivity index is 0.00000280. The van der Waals surface area contributed by atoms with Gasteiger partial charge < -0.3 is 15.4 Å². The molecule has 5 nitrogen and oxygen atoms in total. The van der Waals surface area contributed by atoms with E-state index in [2.05, 4.69) is 20.5 Å². The van der Waals surface area contributed by atoms with Crippen molar-refractivity contribution < 1.29 is 4.74 Å². The molecule has 164 valence electrons. The van der Waals surface area contributed by atoms with Crippen molar-refractivity contribution in [3.05, 3.63) is 0 Å². The molecule has 3 rings (SSSR count). The summed E-state index contributed by atoms with van der Waals surface area (Å²) in [5, 5.41) is 7.14. The van der Waals surface area contributed by atoms with Gasteiger partial charge >= 0.3 is 0 Å². The van der Waals surface area contributed by atoms with Gasteiger partial charge in [0.15, 0.2) is 5.96 Å². The van der Waals surface area contributed by atoms with Crippen LogP contribution in [0.4, 0.5) is 0 Å². The first kappa shape index (κ1) is 24.2. The van der Waals surface area contributed by atoms with Gasteiger partial charge in [0.1, 0.15) is 0 Å². The van der Waals surface area contributed by atoms with Crippen LogP contribution in [-0.2, 0) is 4.74 Å². The van der Waals surface area contributed by atoms with E-state index < -0.39 is 0 Å². The van der Waals surface area contributed by atoms with E-state index in [4.69, 9.17) is 4.74 Å². The van der Waals surface area contributed by atoms with Crippen LogP contribution in [0.3, 0.4) is 0 Å². The molecule has 0 aromatic carbocycles. The molecule has 1 aliphatic heterocycles. The zero-order valence-corrected chi connectivity index (χ0v) is 20.3. The summed E-state index contributed by atoms with van der Waals surface area (Å²) >= 11 is 0. The molecule has 0 radical (unpaired) electrons. The van der Waals surface area contributed by atoms with Crippen molar-refractivity contribution in [2.45, 2.75) is 102 Å². The van der Waals surface area contributed by atoms with Crippen molar-refractivity contribution in [1.29, 1.82) is 0 Å². The molecule has 0 aromatic rings. The van der Waals surface area contributed by atoms with E-state index in [9.17, 15) is 0 Å². The van der Waals surface area contributed by atoms with E-state index in [1.54, 1.807) is 0 Å². The monoisotopic (exact) mass is 506 g/mol. The Bertz CT molecular complexity index is 436. The van der Waals surface area contributed by atoms with Crippen LogP contribution in [0.1, 0.15) is 83.5 Å². The lowest BCUT2D eigenvalue weighted by molar-refractivity contribution is 0.0264. The van der Waals surface area contributed by atoms with E-state index in [0.29, 0.717) is 12.1 Å². The second-order valence-corrected chi connectivity index (χ2v) is 8.75. The third kappa shape index (κ3) is 8.34. The number of nitrogens with one attached hydrogen (secondary N) is 2. The van der Waals surface area contributed by atoms with Gasteiger partial charge in [-0.1, -0.05) is 32.1 Å². The fourth-order valence-corrected chi connectivity index (χ4v) is 4.99. The molecule has 0 spiro atoms. The van der Waals surface area contributed by atoms with Crippen molar-refractivity contribution in [2.24, 2.45) is 4.99 Å². The van der Waals surface area contributed by atoms with E-state index in [1.165, 1.54) is 96.6 Å². The summed E-state index contributed by atoms with van der Waals surface area (Å²) in [6, 6.07) is 1.41. The third-order valence-corrected chi connectivity index (χ3v) is 6.64. The number of nitrogens with zero attached hydrogens (tertiary/aromatic N) is 2. The van der Waals surface area contributed by atoms with E-state index >= 15 is 0 Å². The van der Waals surface area contributed by atoms with Gasteiger partial charge in [-0.25, -0.2) is 0 Å². The van der Waals surface area contributed by atoms with Crippen LogP contribution in [0.5, 0.6) is 0 Å². The largest absolute Gasteiger partial charge is 0.378 e. The topological polar surface area (TPSA) is 48.9 Å². The van der Waals surface area contributed by atoms with Gasteiger partial charge in [0, 0.05) is 45.4 Å². The number of unbranched alkanes of at least 4 members (excludes halogenated alkanes) is 2. The molecule has 1 unspecified atom stereocenters. The van der Waals surface area contributed by atoms with Crippen LogP contribution in [0.25, 0.3) is 0 Å². The van der Waals surface area contributed by atoms with Gasteiger partial charge in [-0.3, -0.25) is 9.89 Å². The first-order valence-electron chi connectivity index (χ1n) is 11.7. The number of halogens is 1. The molecular formula is C22H43IN4O. The Kier molecular flexibility index (Phi) is 12.1. The number of likely N-dealkylation sites (tertiary alicyclic amines) is 1. The Morgan fingerprint density at radius 1 is 0.964 bits per heavy atom. The normalized spacial score (nSPS) is 25.0. The molecule has 0 aromatic heterocycles. The molecule has 1 saturated heterocycles. The maximum absolute atomic E-state index is 6.01. The van der Waals surface area contributed by atoms with Gasteiger partial charge in [-0.2, -0.15) is 0 Å². The molecule has 1 atom stereocenters. The fraction of sp³-hybridized carbons (Fsp3) is 0.955. The predicted molar refractivity (Wildman–Crippen MR) is 129 cm³/mol. The molecule has 28 heavy (non-hydrogen) atoms. The van der Waals surface area contributed by atoms with Gasteiger partial charge in [-0.15, -0.1) is 24.0 Å². The Labute approximate surface area is 189 Å². The second kappa shape index (κ2) is 14.0. The number of ether oxygens (including phenoxy) is 1. The first-order valence-corrected chi connectivity index (χ1v) is 11.7. The van der Waals surface area contributed by atoms with Crippen LogP contribution < -0.4 is 10.6 Å². The number of aliphatic imine (C=N–C) groups is 1. The van der Waals surface area contributed by atoms with Gasteiger partial charge in [-0.05, 0) is 51.4 Å². The van der Waals surface area contributed by atoms with Crippen LogP contribution >= 0.6 is 24.0 Å². The lowest BCUT2D eigenvalue weighted by Crippen LogP contribution is -2.45. The summed E-state index contributed by atoms with van der Waals surface area (Å²) in [7, 11) is 1.89. The minimum Gasteiger partial charge on any atom is -0.378 e. The van der Waals surface area contributed by atoms with Crippen molar-refractivity contribution >= 4 is 29.9 Å². The Morgan fingerprint density at radius 3 is 2.46 bits per heavy atom. The molecule has 3 aliphatic rings. The second-order valence-electron chi connectivity index (χ2n) is 8.75. The Hall–Kier alpha value is -0.0800. The zero-order valence-electron chi connectivity index (χ0n) is 18.0. The number of hydrogen-bond donors (Lipinski definition) is 2. The summed E-state index contributed by atoms with van der Waals surface area (Å²) < 4.78 is 6.01. The molecule has 1 heterocycles. The van der Waals surface area contributed by atoms with E-state index in [1.807, 2.05) is 7.05 Å². The zero-order chi connectivity index (χ0) is 18.7. The number of rotatable bonds is 9. The summed E-state index contributed by atoms with van der Waals surface area (Å²) in [5.74, 6) is 0.978. The van der Waals surface area contributed by atoms with Crippen molar-refractivity contribution in [3.63, 3.8) is 0 Å². The average Bonchev–Trinajstić information content (AvgIpc) is 3.39. The van der Waals surface area contributed by atoms with Crippen molar-refractivity contribution in [1.82, 2.24) is 15.5 Å². The quantitative estimate of drug-likeness (QED) is 0.212. The molecule has 3 fully saturated rings. The summed E-state index contributed by atoms with van der Waals surface area (Å²) in [6.07, 6.45) is 17.8. The highest BCUT2D eigenvalue weighted by Crippen LogP contribution is 2.26. The van der Waals surface area contributed by atoms with E-state index in [-0.39, 0.29) is 24.0 Å². The standard InChI is InChI=1S/C22H42N4O.HI/c1-23-22(25-19-14-16-26(18-19)20-10-6-7-11-20)24-15-8-3-9-17-27-21-12-4-2-5-13-21;/h19-21H,2-18H2,1H3,(H2,23,24,25);1H. The fourth-order valence-electron chi connectivity index (χ4n) is 4.99. The van der Waals surface area contributed by atoms with Crippen LogP contribution in [0.15, 0.2) is 4.99 Å². The average molecular weight is 507 g/mol. The maximum atomic E-state index is 6.01. The smallest absolute Gasteiger partial charge is 0.191 e. The molecule has 6 heteroatoms. The van der Waals surface area contributed by atoms with Gasteiger partial charge in [0.05, 0.1) is 6.10 Å². The Morgan fingerprint density at radius 2 is 1.71 bits per heavy atom. The highest BCUT2D eigenvalue weighted by atomic mass is 127. The predicted octanol–water partition coefficient (Wildman–Crippen LogP) is 4.31. The lowest BCUT2D eigenvalue weighted by Gasteiger charge is -2.24. The number of hydrogen-bond acceptors (Lipinski definition) is 3.